The molecule has 6 nitrogen and oxygen atoms in total. The molecule has 0 aromatic heterocycles. The van der Waals surface area contributed by atoms with Gasteiger partial charge in [-0.2, -0.15) is 0 Å². The van der Waals surface area contributed by atoms with Gasteiger partial charge in [0, 0.05) is 5.92 Å². The highest BCUT2D eigenvalue weighted by Gasteiger charge is 2.77. The van der Waals surface area contributed by atoms with Crippen molar-refractivity contribution in [2.45, 2.75) is 78.5 Å². The molecule has 1 N–H and O–H groups in total. The topological polar surface area (TPSA) is 82.1 Å². The largest absolute Gasteiger partial charge is 0.451 e. The third-order valence-electron chi connectivity index (χ3n) is 10.3. The molecule has 1 heterocycles. The summed E-state index contributed by atoms with van der Waals surface area (Å²) in [6, 6.07) is 5.21. The molecule has 0 unspecified atom stereocenters. The van der Waals surface area contributed by atoms with Gasteiger partial charge in [-0.3, -0.25) is 4.79 Å². The summed E-state index contributed by atoms with van der Waals surface area (Å²) in [6.45, 7) is 14.0. The number of halogens is 1. The molecule has 1 aliphatic heterocycles. The summed E-state index contributed by atoms with van der Waals surface area (Å²) < 4.78 is 18.7. The number of carbonyl (C=O) groups excluding carboxylic acids is 2. The fraction of sp³-hybridized carbons (Fsp3) is 0.613. The maximum Gasteiger partial charge on any atom is 0.340 e. The minimum Gasteiger partial charge on any atom is -0.451 e. The monoisotopic (exact) mass is 540 g/mol. The minimum absolute atomic E-state index is 0.0132. The third-order valence-corrected chi connectivity index (χ3v) is 10.6. The van der Waals surface area contributed by atoms with Crippen molar-refractivity contribution in [2.24, 2.45) is 34.5 Å². The molecule has 1 aromatic rings. The number of Topliss-reactive ketones (excluding diaryl/α,β-unsaturated/α-hetero) is 1. The zero-order valence-corrected chi connectivity index (χ0v) is 23.9. The van der Waals surface area contributed by atoms with Crippen molar-refractivity contribution >= 4 is 23.4 Å². The number of ketones is 1. The van der Waals surface area contributed by atoms with Crippen LogP contribution in [0.4, 0.5) is 0 Å². The predicted molar refractivity (Wildman–Crippen MR) is 143 cm³/mol. The number of aliphatic hydroxyl groups is 1. The molecule has 4 aliphatic carbocycles. The van der Waals surface area contributed by atoms with Gasteiger partial charge in [0.1, 0.15) is 6.10 Å². The van der Waals surface area contributed by atoms with Crippen molar-refractivity contribution in [1.29, 1.82) is 0 Å². The Morgan fingerprint density at radius 3 is 2.58 bits per heavy atom. The van der Waals surface area contributed by atoms with E-state index in [4.69, 9.17) is 25.8 Å². The van der Waals surface area contributed by atoms with E-state index < -0.39 is 35.0 Å². The normalized spacial score (nSPS) is 42.0. The van der Waals surface area contributed by atoms with Gasteiger partial charge < -0.3 is 19.3 Å². The number of hydrogen-bond acceptors (Lipinski definition) is 6. The van der Waals surface area contributed by atoms with Crippen LogP contribution >= 0.6 is 11.6 Å². The van der Waals surface area contributed by atoms with Crippen LogP contribution in [-0.4, -0.2) is 47.1 Å². The molecular formula is C31H37ClO6. The highest BCUT2D eigenvalue weighted by Crippen LogP contribution is 2.72. The number of carbonyl (C=O) groups is 2. The van der Waals surface area contributed by atoms with E-state index in [1.54, 1.807) is 39.0 Å². The number of ether oxygens (including phenoxy) is 3. The van der Waals surface area contributed by atoms with Crippen LogP contribution in [0.5, 0.6) is 0 Å². The smallest absolute Gasteiger partial charge is 0.340 e. The van der Waals surface area contributed by atoms with E-state index in [1.807, 2.05) is 19.1 Å². The van der Waals surface area contributed by atoms with Crippen molar-refractivity contribution in [3.05, 3.63) is 57.6 Å². The van der Waals surface area contributed by atoms with E-state index in [0.717, 1.165) is 12.0 Å². The Morgan fingerprint density at radius 2 is 1.89 bits per heavy atom. The Kier molecular flexibility index (Phi) is 5.55. The van der Waals surface area contributed by atoms with Gasteiger partial charge in [-0.25, -0.2) is 4.79 Å². The maximum atomic E-state index is 14.7. The summed E-state index contributed by atoms with van der Waals surface area (Å²) in [5, 5.41) is 13.4. The average molecular weight is 541 g/mol. The highest BCUT2D eigenvalue weighted by molar-refractivity contribution is 6.33. The second-order valence-corrected chi connectivity index (χ2v) is 13.6. The Morgan fingerprint density at radius 1 is 1.18 bits per heavy atom. The molecule has 3 fully saturated rings. The average Bonchev–Trinajstić information content (AvgIpc) is 3.31. The van der Waals surface area contributed by atoms with Gasteiger partial charge in [-0.15, -0.1) is 0 Å². The number of allylic oxidation sites excluding steroid dienone is 1. The quantitative estimate of drug-likeness (QED) is 0.397. The second kappa shape index (κ2) is 8.03. The molecule has 1 saturated heterocycles. The molecule has 204 valence electrons. The fourth-order valence-electron chi connectivity index (χ4n) is 8.36. The first-order valence-corrected chi connectivity index (χ1v) is 14.0. The first-order chi connectivity index (χ1) is 17.7. The summed E-state index contributed by atoms with van der Waals surface area (Å²) in [5.74, 6) is -1.65. The van der Waals surface area contributed by atoms with Crippen LogP contribution in [0.3, 0.4) is 0 Å². The second-order valence-electron chi connectivity index (χ2n) is 13.2. The zero-order chi connectivity index (χ0) is 27.6. The van der Waals surface area contributed by atoms with Crippen LogP contribution in [0.15, 0.2) is 41.5 Å². The molecule has 0 amide bonds. The van der Waals surface area contributed by atoms with E-state index in [2.05, 4.69) is 20.8 Å². The van der Waals surface area contributed by atoms with Crippen LogP contribution in [0.25, 0.3) is 0 Å². The van der Waals surface area contributed by atoms with Gasteiger partial charge in [-0.1, -0.05) is 56.7 Å². The fourth-order valence-corrected chi connectivity index (χ4v) is 8.66. The number of benzene rings is 1. The van der Waals surface area contributed by atoms with Crippen LogP contribution in [0.2, 0.25) is 5.02 Å². The number of esters is 1. The summed E-state index contributed by atoms with van der Waals surface area (Å²) in [5.41, 5.74) is -0.774. The standard InChI is InChI=1S/C31H37ClO6/c1-15-9-8-10-21(32)22(15)27(34)37-25-16(2)13-30-17(3)11-20-23(28(20,4)5)19(24(30)33)12-18-14-36-29(6,7)38-26(18)31(25,30)35/h8-10,12-13,17,19-20,23,25-26,35H,11,14H2,1-7H3/t17-,19+,20-,23+,25+,26-,30+,31-/m1/s1. The number of aryl methyl sites for hydroxylation is 1. The van der Waals surface area contributed by atoms with Crippen molar-refractivity contribution in [2.75, 3.05) is 6.61 Å². The van der Waals surface area contributed by atoms with Gasteiger partial charge in [0.25, 0.3) is 0 Å². The predicted octanol–water partition coefficient (Wildman–Crippen LogP) is 5.44. The Bertz CT molecular complexity index is 1290. The molecule has 7 heteroatoms. The minimum atomic E-state index is -1.85. The summed E-state index contributed by atoms with van der Waals surface area (Å²) >= 11 is 6.41. The van der Waals surface area contributed by atoms with E-state index in [0.29, 0.717) is 17.1 Å². The SMILES string of the molecule is CC1=C[C@]23C(=O)[C@@H](C=C4COC(C)(C)O[C@H]4[C@]2(O)[C@H]1OC(=O)c1c(C)cccc1Cl)[C@H]1[C@@H](C[C@H]3C)C1(C)C. The Hall–Kier alpha value is -1.99. The van der Waals surface area contributed by atoms with Gasteiger partial charge in [-0.05, 0) is 80.1 Å². The lowest BCUT2D eigenvalue weighted by Gasteiger charge is -2.52. The Balaban J connectivity index is 1.53. The lowest BCUT2D eigenvalue weighted by atomic mass is 9.59. The lowest BCUT2D eigenvalue weighted by Crippen LogP contribution is -2.68. The maximum absolute atomic E-state index is 14.7. The van der Waals surface area contributed by atoms with Crippen LogP contribution in [0.1, 0.15) is 63.9 Å². The zero-order valence-electron chi connectivity index (χ0n) is 23.1. The molecule has 38 heavy (non-hydrogen) atoms. The molecule has 2 saturated carbocycles. The number of hydrogen-bond donors (Lipinski definition) is 1. The van der Waals surface area contributed by atoms with Gasteiger partial charge in [0.05, 0.1) is 22.6 Å². The van der Waals surface area contributed by atoms with Gasteiger partial charge >= 0.3 is 5.97 Å². The lowest BCUT2D eigenvalue weighted by molar-refractivity contribution is -0.302. The molecule has 2 bridgehead atoms. The molecular weight excluding hydrogens is 504 g/mol. The third kappa shape index (κ3) is 3.24. The van der Waals surface area contributed by atoms with Crippen molar-refractivity contribution < 1.29 is 28.9 Å². The molecule has 1 aromatic carbocycles. The molecule has 5 aliphatic rings. The van der Waals surface area contributed by atoms with Gasteiger partial charge in [0.2, 0.25) is 0 Å². The molecule has 0 radical (unpaired) electrons. The summed E-state index contributed by atoms with van der Waals surface area (Å²) in [7, 11) is 0. The van der Waals surface area contributed by atoms with E-state index in [-0.39, 0.29) is 46.1 Å². The highest BCUT2D eigenvalue weighted by atomic mass is 35.5. The number of fused-ring (bicyclic) bond motifs is 5. The molecule has 6 rings (SSSR count). The van der Waals surface area contributed by atoms with E-state index in [1.165, 1.54) is 0 Å². The van der Waals surface area contributed by atoms with Crippen LogP contribution in [-0.2, 0) is 19.0 Å². The Labute approximate surface area is 229 Å². The summed E-state index contributed by atoms with van der Waals surface area (Å²) in [6.07, 6.45) is 2.71. The van der Waals surface area contributed by atoms with Crippen LogP contribution < -0.4 is 0 Å². The number of rotatable bonds is 2. The molecule has 8 atom stereocenters. The summed E-state index contributed by atoms with van der Waals surface area (Å²) in [4.78, 5) is 28.4. The van der Waals surface area contributed by atoms with Crippen molar-refractivity contribution in [3.8, 4) is 0 Å². The first-order valence-electron chi connectivity index (χ1n) is 13.6. The van der Waals surface area contributed by atoms with Crippen molar-refractivity contribution in [1.82, 2.24) is 0 Å². The van der Waals surface area contributed by atoms with E-state index >= 15 is 0 Å². The van der Waals surface area contributed by atoms with Crippen molar-refractivity contribution in [3.63, 3.8) is 0 Å². The molecule has 1 spiro atoms. The van der Waals surface area contributed by atoms with Crippen LogP contribution in [0, 0.1) is 41.4 Å². The van der Waals surface area contributed by atoms with Gasteiger partial charge in [0.15, 0.2) is 23.3 Å². The van der Waals surface area contributed by atoms with E-state index in [9.17, 15) is 14.7 Å². The first kappa shape index (κ1) is 26.2.